The molecule has 0 spiro atoms. The molecule has 2 unspecified atom stereocenters. The summed E-state index contributed by atoms with van der Waals surface area (Å²) < 4.78 is 0.230. The van der Waals surface area contributed by atoms with Gasteiger partial charge in [-0.05, 0) is 20.1 Å². The van der Waals surface area contributed by atoms with Gasteiger partial charge in [0.05, 0.1) is 6.04 Å². The van der Waals surface area contributed by atoms with Crippen LogP contribution < -0.4 is 0 Å². The highest BCUT2D eigenvalue weighted by molar-refractivity contribution is 14.1. The predicted octanol–water partition coefficient (Wildman–Crippen LogP) is 2.48. The third kappa shape index (κ3) is 5.12. The number of alkyl halides is 1. The van der Waals surface area contributed by atoms with Crippen molar-refractivity contribution in [2.24, 2.45) is 9.98 Å². The third-order valence-electron chi connectivity index (χ3n) is 1.12. The molecule has 0 amide bonds. The number of nitrogens with zero attached hydrogens (tertiary/aromatic N) is 2. The van der Waals surface area contributed by atoms with E-state index in [4.69, 9.17) is 0 Å². The maximum Gasteiger partial charge on any atom is 0.123 e. The zero-order valence-corrected chi connectivity index (χ0v) is 9.02. The van der Waals surface area contributed by atoms with Crippen molar-refractivity contribution in [3.63, 3.8) is 0 Å². The first-order valence-corrected chi connectivity index (χ1v) is 4.73. The molecule has 0 rings (SSSR count). The topological polar surface area (TPSA) is 24.7 Å². The van der Waals surface area contributed by atoms with Crippen LogP contribution in [-0.2, 0) is 0 Å². The standard InChI is InChI=1S/C8H13IN2/c1-4-6-11-7(3)8(9)10-5-2/h4-8H,1H2,2-3H3. The molecule has 0 aliphatic rings. The highest BCUT2D eigenvalue weighted by Gasteiger charge is 2.07. The Morgan fingerprint density at radius 1 is 1.45 bits per heavy atom. The molecule has 2 nitrogen and oxygen atoms in total. The fourth-order valence-electron chi connectivity index (χ4n) is 0.535. The molecule has 0 aromatic rings. The lowest BCUT2D eigenvalue weighted by molar-refractivity contribution is 0.740. The average molecular weight is 264 g/mol. The van der Waals surface area contributed by atoms with Gasteiger partial charge in [0.1, 0.15) is 4.05 Å². The molecule has 0 saturated carbocycles. The van der Waals surface area contributed by atoms with Crippen molar-refractivity contribution in [2.45, 2.75) is 23.9 Å². The predicted molar refractivity (Wildman–Crippen MR) is 60.1 cm³/mol. The van der Waals surface area contributed by atoms with Gasteiger partial charge in [-0.2, -0.15) is 0 Å². The molecule has 0 radical (unpaired) electrons. The van der Waals surface area contributed by atoms with Crippen LogP contribution in [0.25, 0.3) is 0 Å². The van der Waals surface area contributed by atoms with Crippen LogP contribution in [0.4, 0.5) is 0 Å². The van der Waals surface area contributed by atoms with E-state index in [9.17, 15) is 0 Å². The number of hydrogen-bond acceptors (Lipinski definition) is 2. The number of aliphatic imine (C=N–C) groups is 2. The number of rotatable bonds is 4. The van der Waals surface area contributed by atoms with E-state index in [1.807, 2.05) is 13.8 Å². The fourth-order valence-corrected chi connectivity index (χ4v) is 1.04. The van der Waals surface area contributed by atoms with E-state index in [2.05, 4.69) is 39.2 Å². The van der Waals surface area contributed by atoms with E-state index in [1.165, 1.54) is 0 Å². The SMILES string of the molecule is C=CC=NC(C)C(I)N=CC. The summed E-state index contributed by atoms with van der Waals surface area (Å²) >= 11 is 2.26. The zero-order valence-electron chi connectivity index (χ0n) is 6.87. The molecule has 0 bridgehead atoms. The Balaban J connectivity index is 3.90. The van der Waals surface area contributed by atoms with Gasteiger partial charge >= 0.3 is 0 Å². The summed E-state index contributed by atoms with van der Waals surface area (Å²) in [6.07, 6.45) is 5.19. The van der Waals surface area contributed by atoms with Crippen LogP contribution in [0.2, 0.25) is 0 Å². The lowest BCUT2D eigenvalue weighted by Gasteiger charge is -2.07. The minimum absolute atomic E-state index is 0.227. The van der Waals surface area contributed by atoms with Crippen molar-refractivity contribution >= 4 is 35.0 Å². The van der Waals surface area contributed by atoms with Crippen molar-refractivity contribution in [3.8, 4) is 0 Å². The summed E-state index contributed by atoms with van der Waals surface area (Å²) in [7, 11) is 0. The van der Waals surface area contributed by atoms with Crippen LogP contribution in [0.3, 0.4) is 0 Å². The first kappa shape index (κ1) is 10.8. The molecule has 0 N–H and O–H groups in total. The third-order valence-corrected chi connectivity index (χ3v) is 2.48. The van der Waals surface area contributed by atoms with Gasteiger partial charge in [-0.3, -0.25) is 9.98 Å². The molecule has 0 aromatic heterocycles. The smallest absolute Gasteiger partial charge is 0.123 e. The zero-order chi connectivity index (χ0) is 8.69. The van der Waals surface area contributed by atoms with Gasteiger partial charge < -0.3 is 0 Å². The van der Waals surface area contributed by atoms with Crippen molar-refractivity contribution in [2.75, 3.05) is 0 Å². The molecule has 0 fully saturated rings. The first-order valence-electron chi connectivity index (χ1n) is 3.48. The van der Waals surface area contributed by atoms with Gasteiger partial charge in [-0.15, -0.1) is 0 Å². The average Bonchev–Trinajstić information content (AvgIpc) is 2.00. The largest absolute Gasteiger partial charge is 0.287 e. The summed E-state index contributed by atoms with van der Waals surface area (Å²) in [4.78, 5) is 8.39. The highest BCUT2D eigenvalue weighted by atomic mass is 127. The second kappa shape index (κ2) is 6.52. The summed E-state index contributed by atoms with van der Waals surface area (Å²) in [6, 6.07) is 0.227. The number of hydrogen-bond donors (Lipinski definition) is 0. The molecular weight excluding hydrogens is 251 g/mol. The fraction of sp³-hybridized carbons (Fsp3) is 0.500. The monoisotopic (exact) mass is 264 g/mol. The Kier molecular flexibility index (Phi) is 6.40. The van der Waals surface area contributed by atoms with Crippen molar-refractivity contribution < 1.29 is 0 Å². The quantitative estimate of drug-likeness (QED) is 0.322. The molecule has 0 aliphatic heterocycles. The van der Waals surface area contributed by atoms with Crippen LogP contribution in [0.1, 0.15) is 13.8 Å². The molecule has 0 aliphatic carbocycles. The minimum Gasteiger partial charge on any atom is -0.287 e. The minimum atomic E-state index is 0.227. The Bertz CT molecular complexity index is 163. The van der Waals surface area contributed by atoms with Gasteiger partial charge in [0.25, 0.3) is 0 Å². The van der Waals surface area contributed by atoms with Crippen LogP contribution in [-0.4, -0.2) is 22.5 Å². The Labute approximate surface area is 81.7 Å². The Morgan fingerprint density at radius 3 is 2.55 bits per heavy atom. The summed E-state index contributed by atoms with van der Waals surface area (Å²) in [5.41, 5.74) is 0. The maximum atomic E-state index is 4.20. The second-order valence-corrected chi connectivity index (χ2v) is 3.33. The van der Waals surface area contributed by atoms with Crippen LogP contribution in [0, 0.1) is 0 Å². The summed E-state index contributed by atoms with van der Waals surface area (Å²) in [5, 5.41) is 0. The molecule has 11 heavy (non-hydrogen) atoms. The second-order valence-electron chi connectivity index (χ2n) is 2.05. The van der Waals surface area contributed by atoms with Gasteiger partial charge in [0, 0.05) is 6.21 Å². The van der Waals surface area contributed by atoms with E-state index in [0.29, 0.717) is 0 Å². The molecular formula is C8H13IN2. The highest BCUT2D eigenvalue weighted by Crippen LogP contribution is 2.10. The van der Waals surface area contributed by atoms with Gasteiger partial charge in [-0.25, -0.2) is 0 Å². The molecule has 0 aromatic carbocycles. The van der Waals surface area contributed by atoms with Gasteiger partial charge in [-0.1, -0.05) is 35.2 Å². The summed E-state index contributed by atoms with van der Waals surface area (Å²) in [6.45, 7) is 7.49. The number of halogens is 1. The molecule has 2 atom stereocenters. The van der Waals surface area contributed by atoms with Crippen molar-refractivity contribution in [1.82, 2.24) is 0 Å². The first-order chi connectivity index (χ1) is 5.22. The van der Waals surface area contributed by atoms with E-state index in [-0.39, 0.29) is 10.1 Å². The lowest BCUT2D eigenvalue weighted by Crippen LogP contribution is -2.11. The van der Waals surface area contributed by atoms with E-state index in [0.717, 1.165) is 0 Å². The lowest BCUT2D eigenvalue weighted by atomic mass is 10.3. The number of allylic oxidation sites excluding steroid dienone is 1. The Morgan fingerprint density at radius 2 is 2.09 bits per heavy atom. The van der Waals surface area contributed by atoms with Gasteiger partial charge in [0.2, 0.25) is 0 Å². The summed E-state index contributed by atoms with van der Waals surface area (Å²) in [5.74, 6) is 0. The Hall–Kier alpha value is -0.190. The van der Waals surface area contributed by atoms with E-state index < -0.39 is 0 Å². The van der Waals surface area contributed by atoms with Crippen molar-refractivity contribution in [1.29, 1.82) is 0 Å². The normalized spacial score (nSPS) is 17.4. The van der Waals surface area contributed by atoms with Gasteiger partial charge in [0.15, 0.2) is 0 Å². The van der Waals surface area contributed by atoms with Crippen LogP contribution in [0.15, 0.2) is 22.6 Å². The molecule has 62 valence electrons. The van der Waals surface area contributed by atoms with Crippen LogP contribution >= 0.6 is 22.6 Å². The van der Waals surface area contributed by atoms with E-state index >= 15 is 0 Å². The maximum absolute atomic E-state index is 4.20. The molecule has 3 heteroatoms. The molecule has 0 heterocycles. The van der Waals surface area contributed by atoms with E-state index in [1.54, 1.807) is 18.5 Å². The van der Waals surface area contributed by atoms with Crippen LogP contribution in [0.5, 0.6) is 0 Å². The van der Waals surface area contributed by atoms with Crippen molar-refractivity contribution in [3.05, 3.63) is 12.7 Å². The molecule has 0 saturated heterocycles.